The molecule has 214 valence electrons. The first-order valence-corrected chi connectivity index (χ1v) is 14.5. The highest BCUT2D eigenvalue weighted by Crippen LogP contribution is 2.25. The van der Waals surface area contributed by atoms with E-state index in [9.17, 15) is 26.8 Å². The number of hydrogen-bond acceptors (Lipinski definition) is 4. The summed E-state index contributed by atoms with van der Waals surface area (Å²) in [4.78, 5) is 28.3. The van der Waals surface area contributed by atoms with Gasteiger partial charge in [0, 0.05) is 13.1 Å². The fraction of sp³-hybridized carbons (Fsp3) is 0.333. The highest BCUT2D eigenvalue weighted by Gasteiger charge is 2.33. The summed E-state index contributed by atoms with van der Waals surface area (Å²) in [7, 11) is -4.30. The van der Waals surface area contributed by atoms with Crippen LogP contribution in [0.1, 0.15) is 38.3 Å². The Labute approximate surface area is 234 Å². The summed E-state index contributed by atoms with van der Waals surface area (Å²) < 4.78 is 55.6. The number of hydrogen-bond donors (Lipinski definition) is 1. The van der Waals surface area contributed by atoms with Crippen molar-refractivity contribution in [3.05, 3.63) is 95.6 Å². The van der Waals surface area contributed by atoms with E-state index in [1.54, 1.807) is 31.2 Å². The molecule has 0 saturated carbocycles. The number of benzene rings is 3. The minimum absolute atomic E-state index is 0.0367. The average molecular weight is 572 g/mol. The fourth-order valence-electron chi connectivity index (χ4n) is 4.10. The molecule has 1 N–H and O–H groups in total. The van der Waals surface area contributed by atoms with E-state index in [0.29, 0.717) is 12.1 Å². The van der Waals surface area contributed by atoms with Crippen LogP contribution < -0.4 is 9.62 Å². The molecular formula is C30H35F2N3O4S. The molecule has 1 unspecified atom stereocenters. The van der Waals surface area contributed by atoms with Crippen molar-refractivity contribution in [2.45, 2.75) is 51.6 Å². The number of aryl methyl sites for hydroxylation is 1. The minimum atomic E-state index is -4.30. The molecule has 0 aliphatic rings. The second kappa shape index (κ2) is 13.5. The maximum atomic E-state index is 13.9. The standard InChI is InChI=1S/C30H35F2N3O4S/c1-5-28(30(37)33-18-21(2)3)34(19-23-8-10-24(31)11-9-23)29(36)20-35(26-14-6-22(4)7-15-26)40(38,39)27-16-12-25(32)13-17-27/h6-17,21,28H,5,18-20H2,1-4H3,(H,33,37). The van der Waals surface area contributed by atoms with E-state index in [2.05, 4.69) is 5.32 Å². The van der Waals surface area contributed by atoms with Crippen molar-refractivity contribution in [3.8, 4) is 0 Å². The summed E-state index contributed by atoms with van der Waals surface area (Å²) in [5.74, 6) is -1.85. The minimum Gasteiger partial charge on any atom is -0.354 e. The van der Waals surface area contributed by atoms with E-state index >= 15 is 0 Å². The van der Waals surface area contributed by atoms with Gasteiger partial charge in [-0.15, -0.1) is 0 Å². The van der Waals surface area contributed by atoms with Crippen LogP contribution in [0.3, 0.4) is 0 Å². The number of carbonyl (C=O) groups excluding carboxylic acids is 2. The highest BCUT2D eigenvalue weighted by atomic mass is 32.2. The van der Waals surface area contributed by atoms with E-state index < -0.39 is 40.2 Å². The molecular weight excluding hydrogens is 536 g/mol. The SMILES string of the molecule is CCC(C(=O)NCC(C)C)N(Cc1ccc(F)cc1)C(=O)CN(c1ccc(C)cc1)S(=O)(=O)c1ccc(F)cc1. The van der Waals surface area contributed by atoms with Crippen LogP contribution in [0.25, 0.3) is 0 Å². The summed E-state index contributed by atoms with van der Waals surface area (Å²) in [6, 6.07) is 15.6. The molecule has 0 heterocycles. The van der Waals surface area contributed by atoms with Gasteiger partial charge in [0.1, 0.15) is 24.2 Å². The smallest absolute Gasteiger partial charge is 0.264 e. The summed E-state index contributed by atoms with van der Waals surface area (Å²) in [6.45, 7) is 7.26. The first-order chi connectivity index (χ1) is 18.9. The predicted octanol–water partition coefficient (Wildman–Crippen LogP) is 5.05. The van der Waals surface area contributed by atoms with Gasteiger partial charge in [0.25, 0.3) is 10.0 Å². The number of amides is 2. The van der Waals surface area contributed by atoms with Gasteiger partial charge in [-0.05, 0) is 73.4 Å². The van der Waals surface area contributed by atoms with Crippen LogP contribution in [0, 0.1) is 24.5 Å². The molecule has 0 bridgehead atoms. The highest BCUT2D eigenvalue weighted by molar-refractivity contribution is 7.92. The molecule has 0 aliphatic carbocycles. The van der Waals surface area contributed by atoms with E-state index in [4.69, 9.17) is 0 Å². The van der Waals surface area contributed by atoms with Crippen molar-refractivity contribution in [1.82, 2.24) is 10.2 Å². The van der Waals surface area contributed by atoms with Crippen LogP contribution >= 0.6 is 0 Å². The topological polar surface area (TPSA) is 86.8 Å². The molecule has 0 radical (unpaired) electrons. The number of sulfonamides is 1. The van der Waals surface area contributed by atoms with Crippen molar-refractivity contribution >= 4 is 27.5 Å². The van der Waals surface area contributed by atoms with Gasteiger partial charge in [0.2, 0.25) is 11.8 Å². The third-order valence-electron chi connectivity index (χ3n) is 6.34. The Kier molecular flexibility index (Phi) is 10.4. The lowest BCUT2D eigenvalue weighted by molar-refractivity contribution is -0.140. The molecule has 0 aliphatic heterocycles. The van der Waals surface area contributed by atoms with E-state index in [1.807, 2.05) is 20.8 Å². The third kappa shape index (κ3) is 7.88. The number of halogens is 2. The Morgan fingerprint density at radius 1 is 0.875 bits per heavy atom. The monoisotopic (exact) mass is 571 g/mol. The third-order valence-corrected chi connectivity index (χ3v) is 8.13. The maximum absolute atomic E-state index is 13.9. The Morgan fingerprint density at radius 2 is 1.43 bits per heavy atom. The Balaban J connectivity index is 2.03. The van der Waals surface area contributed by atoms with Crippen molar-refractivity contribution in [1.29, 1.82) is 0 Å². The molecule has 0 aromatic heterocycles. The quantitative estimate of drug-likeness (QED) is 0.330. The lowest BCUT2D eigenvalue weighted by Gasteiger charge is -2.33. The molecule has 10 heteroatoms. The van der Waals surface area contributed by atoms with Crippen LogP contribution in [-0.4, -0.2) is 44.3 Å². The molecule has 3 aromatic rings. The van der Waals surface area contributed by atoms with E-state index in [-0.39, 0.29) is 35.4 Å². The average Bonchev–Trinajstić information content (AvgIpc) is 2.92. The summed E-state index contributed by atoms with van der Waals surface area (Å²) in [6.07, 6.45) is 0.270. The van der Waals surface area contributed by atoms with Crippen LogP contribution in [-0.2, 0) is 26.2 Å². The van der Waals surface area contributed by atoms with Crippen molar-refractivity contribution in [3.63, 3.8) is 0 Å². The molecule has 2 amide bonds. The first kappa shape index (κ1) is 30.7. The number of nitrogens with one attached hydrogen (secondary N) is 1. The van der Waals surface area contributed by atoms with Gasteiger partial charge in [0.15, 0.2) is 0 Å². The fourth-order valence-corrected chi connectivity index (χ4v) is 5.52. The Morgan fingerprint density at radius 3 is 1.95 bits per heavy atom. The summed E-state index contributed by atoms with van der Waals surface area (Å²) in [5, 5.41) is 2.86. The number of anilines is 1. The zero-order chi connectivity index (χ0) is 29.4. The number of carbonyl (C=O) groups is 2. The second-order valence-electron chi connectivity index (χ2n) is 10.0. The van der Waals surface area contributed by atoms with Gasteiger partial charge < -0.3 is 10.2 Å². The van der Waals surface area contributed by atoms with E-state index in [1.165, 1.54) is 29.2 Å². The predicted molar refractivity (Wildman–Crippen MR) is 151 cm³/mol. The first-order valence-electron chi connectivity index (χ1n) is 13.1. The second-order valence-corrected chi connectivity index (χ2v) is 11.9. The van der Waals surface area contributed by atoms with Crippen molar-refractivity contribution < 1.29 is 26.8 Å². The molecule has 1 atom stereocenters. The van der Waals surface area contributed by atoms with Gasteiger partial charge in [-0.2, -0.15) is 0 Å². The van der Waals surface area contributed by atoms with Crippen LogP contribution in [0.4, 0.5) is 14.5 Å². The van der Waals surface area contributed by atoms with Crippen LogP contribution in [0.15, 0.2) is 77.7 Å². The van der Waals surface area contributed by atoms with Gasteiger partial charge in [0.05, 0.1) is 10.6 Å². The van der Waals surface area contributed by atoms with Gasteiger partial charge in [-0.1, -0.05) is 50.6 Å². The van der Waals surface area contributed by atoms with Gasteiger partial charge >= 0.3 is 0 Å². The molecule has 40 heavy (non-hydrogen) atoms. The van der Waals surface area contributed by atoms with E-state index in [0.717, 1.165) is 34.1 Å². The molecule has 0 spiro atoms. The number of rotatable bonds is 12. The van der Waals surface area contributed by atoms with Crippen LogP contribution in [0.2, 0.25) is 0 Å². The van der Waals surface area contributed by atoms with Crippen LogP contribution in [0.5, 0.6) is 0 Å². The zero-order valence-electron chi connectivity index (χ0n) is 23.1. The molecule has 3 aromatic carbocycles. The Hall–Kier alpha value is -3.79. The van der Waals surface area contributed by atoms with Gasteiger partial charge in [-0.3, -0.25) is 13.9 Å². The summed E-state index contributed by atoms with van der Waals surface area (Å²) >= 11 is 0. The zero-order valence-corrected chi connectivity index (χ0v) is 23.9. The van der Waals surface area contributed by atoms with Gasteiger partial charge in [-0.25, -0.2) is 17.2 Å². The summed E-state index contributed by atoms with van der Waals surface area (Å²) in [5.41, 5.74) is 1.70. The molecule has 0 saturated heterocycles. The Bertz CT molecular complexity index is 1390. The normalized spacial score (nSPS) is 12.2. The molecule has 0 fully saturated rings. The van der Waals surface area contributed by atoms with Crippen molar-refractivity contribution in [2.24, 2.45) is 5.92 Å². The number of nitrogens with zero attached hydrogens (tertiary/aromatic N) is 2. The van der Waals surface area contributed by atoms with Crippen molar-refractivity contribution in [2.75, 3.05) is 17.4 Å². The maximum Gasteiger partial charge on any atom is 0.264 e. The lowest BCUT2D eigenvalue weighted by Crippen LogP contribution is -2.52. The molecule has 7 nitrogen and oxygen atoms in total. The lowest BCUT2D eigenvalue weighted by atomic mass is 10.1. The molecule has 3 rings (SSSR count). The largest absolute Gasteiger partial charge is 0.354 e.